The molecule has 7 nitrogen and oxygen atoms in total. The first kappa shape index (κ1) is 19.2. The van der Waals surface area contributed by atoms with Crippen molar-refractivity contribution in [1.82, 2.24) is 18.8 Å². The first-order valence-corrected chi connectivity index (χ1v) is 10.3. The molecule has 0 spiro atoms. The number of nitrogens with one attached hydrogen (secondary N) is 1. The number of hydrogen-bond donors (Lipinski definition) is 1. The van der Waals surface area contributed by atoms with Crippen molar-refractivity contribution in [3.63, 3.8) is 0 Å². The molecule has 2 heterocycles. The van der Waals surface area contributed by atoms with Gasteiger partial charge in [-0.05, 0) is 31.0 Å². The number of hydrogen-bond acceptors (Lipinski definition) is 4. The van der Waals surface area contributed by atoms with Gasteiger partial charge in [0.05, 0.1) is 23.4 Å². The second kappa shape index (κ2) is 7.96. The average molecular weight is 399 g/mol. The minimum Gasteiger partial charge on any atom is -0.492 e. The van der Waals surface area contributed by atoms with Crippen molar-refractivity contribution in [2.75, 3.05) is 27.2 Å². The number of aromatic nitrogens is 2. The molecule has 0 amide bonds. The number of benzene rings is 1. The molecule has 0 saturated carbocycles. The topological polar surface area (TPSA) is 78.5 Å². The van der Waals surface area contributed by atoms with Crippen LogP contribution in [0.1, 0.15) is 30.3 Å². The maximum atomic E-state index is 12.5. The summed E-state index contributed by atoms with van der Waals surface area (Å²) in [6.07, 6.45) is 2.23. The summed E-state index contributed by atoms with van der Waals surface area (Å²) in [5.74, 6) is 0.646. The Morgan fingerprint density at radius 2 is 2.15 bits per heavy atom. The van der Waals surface area contributed by atoms with Gasteiger partial charge < -0.3 is 4.74 Å². The van der Waals surface area contributed by atoms with E-state index in [1.54, 1.807) is 20.2 Å². The summed E-state index contributed by atoms with van der Waals surface area (Å²) in [5, 5.41) is 7.90. The van der Waals surface area contributed by atoms with Crippen LogP contribution in [-0.2, 0) is 16.6 Å². The van der Waals surface area contributed by atoms with Crippen LogP contribution in [0.4, 0.5) is 0 Å². The summed E-state index contributed by atoms with van der Waals surface area (Å²) >= 11 is 6.07. The number of aromatic amines is 1. The Morgan fingerprint density at radius 3 is 2.88 bits per heavy atom. The molecule has 1 aliphatic rings. The van der Waals surface area contributed by atoms with Crippen LogP contribution in [0.5, 0.6) is 5.75 Å². The number of rotatable bonds is 7. The highest BCUT2D eigenvalue weighted by atomic mass is 35.5. The lowest BCUT2D eigenvalue weighted by molar-refractivity contribution is 0.320. The summed E-state index contributed by atoms with van der Waals surface area (Å²) in [6.45, 7) is 0.971. The van der Waals surface area contributed by atoms with E-state index in [2.05, 4.69) is 10.2 Å². The average Bonchev–Trinajstić information content (AvgIpc) is 3.25. The summed E-state index contributed by atoms with van der Waals surface area (Å²) in [4.78, 5) is 0. The van der Waals surface area contributed by atoms with Gasteiger partial charge in [0.2, 0.25) is 0 Å². The molecule has 142 valence electrons. The zero-order chi connectivity index (χ0) is 18.7. The molecule has 2 aromatic rings. The van der Waals surface area contributed by atoms with Gasteiger partial charge in [-0.2, -0.15) is 22.1 Å². The Morgan fingerprint density at radius 1 is 1.38 bits per heavy atom. The number of nitrogens with zero attached hydrogens (tertiary/aromatic N) is 3. The van der Waals surface area contributed by atoms with Crippen LogP contribution in [0.3, 0.4) is 0 Å². The molecule has 26 heavy (non-hydrogen) atoms. The van der Waals surface area contributed by atoms with Crippen molar-refractivity contribution in [3.8, 4) is 5.75 Å². The lowest BCUT2D eigenvalue weighted by Crippen LogP contribution is -2.39. The van der Waals surface area contributed by atoms with Crippen molar-refractivity contribution in [2.24, 2.45) is 0 Å². The van der Waals surface area contributed by atoms with E-state index in [4.69, 9.17) is 16.3 Å². The molecule has 3 rings (SSSR count). The molecule has 1 fully saturated rings. The normalized spacial score (nSPS) is 18.5. The fourth-order valence-corrected chi connectivity index (χ4v) is 4.54. The SMILES string of the molecule is CN(C)S(=O)(=O)N1CCC[C@@H]1c1cc(CCOc2ccccc2Cl)[nH]n1. The van der Waals surface area contributed by atoms with Crippen molar-refractivity contribution < 1.29 is 13.2 Å². The van der Waals surface area contributed by atoms with Crippen LogP contribution >= 0.6 is 11.6 Å². The second-order valence-electron chi connectivity index (χ2n) is 6.41. The van der Waals surface area contributed by atoms with E-state index in [-0.39, 0.29) is 6.04 Å². The van der Waals surface area contributed by atoms with Crippen LogP contribution in [0, 0.1) is 0 Å². The predicted molar refractivity (Wildman–Crippen MR) is 101 cm³/mol. The van der Waals surface area contributed by atoms with Gasteiger partial charge in [0.15, 0.2) is 0 Å². The van der Waals surface area contributed by atoms with E-state index in [0.717, 1.165) is 24.2 Å². The third-order valence-corrected chi connectivity index (χ3v) is 6.68. The van der Waals surface area contributed by atoms with Crippen molar-refractivity contribution >= 4 is 21.8 Å². The Labute approximate surface area is 159 Å². The van der Waals surface area contributed by atoms with Crippen molar-refractivity contribution in [1.29, 1.82) is 0 Å². The largest absolute Gasteiger partial charge is 0.492 e. The van der Waals surface area contributed by atoms with Gasteiger partial charge in [0.1, 0.15) is 5.75 Å². The van der Waals surface area contributed by atoms with Crippen molar-refractivity contribution in [2.45, 2.75) is 25.3 Å². The summed E-state index contributed by atoms with van der Waals surface area (Å²) in [5.41, 5.74) is 1.65. The molecule has 0 radical (unpaired) electrons. The van der Waals surface area contributed by atoms with E-state index in [1.807, 2.05) is 24.3 Å². The van der Waals surface area contributed by atoms with Crippen LogP contribution < -0.4 is 4.74 Å². The molecule has 1 atom stereocenters. The zero-order valence-electron chi connectivity index (χ0n) is 14.9. The molecule has 1 N–H and O–H groups in total. The van der Waals surface area contributed by atoms with E-state index in [9.17, 15) is 8.42 Å². The molecular formula is C17H23ClN4O3S. The van der Waals surface area contributed by atoms with E-state index in [1.165, 1.54) is 8.61 Å². The van der Waals surface area contributed by atoms with E-state index < -0.39 is 10.2 Å². The van der Waals surface area contributed by atoms with Crippen molar-refractivity contribution in [3.05, 3.63) is 46.7 Å². The monoisotopic (exact) mass is 398 g/mol. The minimum absolute atomic E-state index is 0.225. The number of para-hydroxylation sites is 1. The fraction of sp³-hybridized carbons (Fsp3) is 0.471. The maximum Gasteiger partial charge on any atom is 0.282 e. The highest BCUT2D eigenvalue weighted by molar-refractivity contribution is 7.86. The first-order valence-electron chi connectivity index (χ1n) is 8.50. The molecule has 0 unspecified atom stereocenters. The molecule has 1 aliphatic heterocycles. The van der Waals surface area contributed by atoms with E-state index >= 15 is 0 Å². The number of ether oxygens (including phenoxy) is 1. The van der Waals surface area contributed by atoms with Gasteiger partial charge >= 0.3 is 0 Å². The smallest absolute Gasteiger partial charge is 0.282 e. The lowest BCUT2D eigenvalue weighted by Gasteiger charge is -2.25. The fourth-order valence-electron chi connectivity index (χ4n) is 3.03. The molecule has 1 saturated heterocycles. The van der Waals surface area contributed by atoms with Crippen LogP contribution in [0.2, 0.25) is 5.02 Å². The lowest BCUT2D eigenvalue weighted by atomic mass is 10.1. The third kappa shape index (κ3) is 4.03. The highest BCUT2D eigenvalue weighted by Crippen LogP contribution is 2.34. The molecule has 9 heteroatoms. The van der Waals surface area contributed by atoms with Gasteiger partial charge in [-0.1, -0.05) is 23.7 Å². The Hall–Kier alpha value is -1.61. The van der Waals surface area contributed by atoms with E-state index in [0.29, 0.717) is 30.3 Å². The molecule has 1 aromatic heterocycles. The maximum absolute atomic E-state index is 12.5. The predicted octanol–water partition coefficient (Wildman–Crippen LogP) is 2.63. The first-order chi connectivity index (χ1) is 12.4. The Kier molecular flexibility index (Phi) is 5.86. The highest BCUT2D eigenvalue weighted by Gasteiger charge is 2.37. The van der Waals surface area contributed by atoms with Gasteiger partial charge in [-0.25, -0.2) is 0 Å². The molecule has 0 aliphatic carbocycles. The quantitative estimate of drug-likeness (QED) is 0.777. The molecule has 0 bridgehead atoms. The van der Waals surface area contributed by atoms with Gasteiger partial charge in [-0.15, -0.1) is 0 Å². The second-order valence-corrected chi connectivity index (χ2v) is 8.91. The van der Waals surface area contributed by atoms with Crippen LogP contribution in [0.15, 0.2) is 30.3 Å². The van der Waals surface area contributed by atoms with Gasteiger partial charge in [0.25, 0.3) is 10.2 Å². The minimum atomic E-state index is -3.45. The van der Waals surface area contributed by atoms with Gasteiger partial charge in [0, 0.05) is 32.8 Å². The standard InChI is InChI=1S/C17H23ClN4O3S/c1-21(2)26(23,24)22-10-5-7-16(22)15-12-13(19-20-15)9-11-25-17-8-4-3-6-14(17)18/h3-4,6,8,12,16H,5,7,9-11H2,1-2H3,(H,19,20)/t16-/m1/s1. The molecular weight excluding hydrogens is 376 g/mol. The summed E-state index contributed by atoms with van der Waals surface area (Å²) in [6, 6.07) is 9.02. The number of H-pyrrole nitrogens is 1. The molecule has 1 aromatic carbocycles. The van der Waals surface area contributed by atoms with Crippen LogP contribution in [0.25, 0.3) is 0 Å². The summed E-state index contributed by atoms with van der Waals surface area (Å²) < 4.78 is 33.4. The van der Waals surface area contributed by atoms with Gasteiger partial charge in [-0.3, -0.25) is 5.10 Å². The Bertz CT molecular complexity index is 853. The summed E-state index contributed by atoms with van der Waals surface area (Å²) in [7, 11) is -0.352. The van der Waals surface area contributed by atoms with Crippen LogP contribution in [-0.4, -0.2) is 54.5 Å². The third-order valence-electron chi connectivity index (χ3n) is 4.42. The number of halogens is 1. The Balaban J connectivity index is 1.63. The zero-order valence-corrected chi connectivity index (χ0v) is 16.4.